The maximum atomic E-state index is 12.7. The van der Waals surface area contributed by atoms with E-state index in [1.165, 1.54) is 7.11 Å². The molecule has 2 aromatic rings. The minimum Gasteiger partial charge on any atom is -0.495 e. The number of methoxy groups -OCH3 is 1. The second-order valence-electron chi connectivity index (χ2n) is 5.66. The fourth-order valence-electron chi connectivity index (χ4n) is 2.33. The molecule has 11 heteroatoms. The molecule has 1 atom stereocenters. The Hall–Kier alpha value is -1.83. The van der Waals surface area contributed by atoms with E-state index in [-0.39, 0.29) is 5.95 Å². The van der Waals surface area contributed by atoms with Crippen LogP contribution in [0, 0.1) is 0 Å². The summed E-state index contributed by atoms with van der Waals surface area (Å²) in [5, 5.41) is 2.09. The molecule has 0 aliphatic carbocycles. The number of rotatable bonds is 8. The molecule has 2 rings (SSSR count). The van der Waals surface area contributed by atoms with Gasteiger partial charge in [0.15, 0.2) is 8.03 Å². The number of nitrogens with zero attached hydrogens (tertiary/aromatic N) is 2. The lowest BCUT2D eigenvalue weighted by atomic mass is 10.1. The molecule has 0 saturated carbocycles. The summed E-state index contributed by atoms with van der Waals surface area (Å²) >= 11 is 5.59. The Morgan fingerprint density at radius 3 is 2.67 bits per heavy atom. The van der Waals surface area contributed by atoms with E-state index in [1.54, 1.807) is 12.1 Å². The maximum Gasteiger partial charge on any atom is 0.420 e. The average molecular weight is 424 g/mol. The van der Waals surface area contributed by atoms with Gasteiger partial charge in [-0.05, 0) is 37.0 Å². The molecule has 2 N–H and O–H groups in total. The first kappa shape index (κ1) is 21.5. The van der Waals surface area contributed by atoms with E-state index in [4.69, 9.17) is 21.2 Å². The van der Waals surface area contributed by atoms with Crippen molar-refractivity contribution in [2.75, 3.05) is 18.6 Å². The van der Waals surface area contributed by atoms with Crippen LogP contribution in [0.2, 0.25) is 5.15 Å². The molecular weight excluding hydrogens is 406 g/mol. The van der Waals surface area contributed by atoms with Crippen LogP contribution in [0.4, 0.5) is 24.8 Å². The van der Waals surface area contributed by atoms with Gasteiger partial charge >= 0.3 is 6.18 Å². The van der Waals surface area contributed by atoms with Crippen molar-refractivity contribution in [2.24, 2.45) is 0 Å². The number of benzene rings is 1. The summed E-state index contributed by atoms with van der Waals surface area (Å²) in [4.78, 5) is 16.1. The topological polar surface area (TPSA) is 84.3 Å². The van der Waals surface area contributed by atoms with Gasteiger partial charge in [0.2, 0.25) is 5.95 Å². The fourth-order valence-corrected chi connectivity index (χ4v) is 3.12. The zero-order valence-electron chi connectivity index (χ0n) is 14.3. The first-order chi connectivity index (χ1) is 12.7. The standard InChI is InChI=1S/C16H18ClF3N3O3P/c1-26-13-8-10(4-2-3-7-27(24)25)5-6-12(13)22-15-21-9-11(14(17)23-15)16(18,19)20/h5-6,8-9,27H,2-4,7H2,1H3,(H,24,25)(H,21,22,23). The molecule has 1 unspecified atom stereocenters. The molecule has 27 heavy (non-hydrogen) atoms. The quantitative estimate of drug-likeness (QED) is 0.364. The molecule has 0 radical (unpaired) electrons. The van der Waals surface area contributed by atoms with Crippen molar-refractivity contribution in [3.05, 3.63) is 40.7 Å². The molecule has 148 valence electrons. The molecule has 6 nitrogen and oxygen atoms in total. The summed E-state index contributed by atoms with van der Waals surface area (Å²) in [7, 11) is -0.976. The number of hydrogen-bond donors (Lipinski definition) is 2. The van der Waals surface area contributed by atoms with Gasteiger partial charge in [0, 0.05) is 12.4 Å². The number of ether oxygens (including phenoxy) is 1. The summed E-state index contributed by atoms with van der Waals surface area (Å²) in [5.74, 6) is 0.370. The van der Waals surface area contributed by atoms with Gasteiger partial charge in [0.25, 0.3) is 0 Å². The number of unbranched alkanes of at least 4 members (excludes halogenated alkanes) is 1. The number of alkyl halides is 3. The Morgan fingerprint density at radius 2 is 2.07 bits per heavy atom. The molecule has 0 saturated heterocycles. The van der Waals surface area contributed by atoms with Crippen LogP contribution in [-0.2, 0) is 17.2 Å². The number of hydrogen-bond acceptors (Lipinski definition) is 5. The van der Waals surface area contributed by atoms with Crippen molar-refractivity contribution in [1.29, 1.82) is 0 Å². The van der Waals surface area contributed by atoms with Crippen LogP contribution in [0.25, 0.3) is 0 Å². The van der Waals surface area contributed by atoms with Gasteiger partial charge in [0.05, 0.1) is 12.8 Å². The monoisotopic (exact) mass is 423 g/mol. The summed E-state index contributed by atoms with van der Waals surface area (Å²) in [6.45, 7) is 0. The lowest BCUT2D eigenvalue weighted by molar-refractivity contribution is -0.137. The second kappa shape index (κ2) is 9.39. The van der Waals surface area contributed by atoms with Gasteiger partial charge in [0.1, 0.15) is 16.5 Å². The molecule has 1 aromatic heterocycles. The highest BCUT2D eigenvalue weighted by Crippen LogP contribution is 2.34. The minimum absolute atomic E-state index is 0.0906. The van der Waals surface area contributed by atoms with Crippen LogP contribution in [0.15, 0.2) is 24.4 Å². The zero-order chi connectivity index (χ0) is 20.0. The number of anilines is 2. The van der Waals surface area contributed by atoms with Crippen LogP contribution in [0.3, 0.4) is 0 Å². The Kier molecular flexibility index (Phi) is 7.47. The maximum absolute atomic E-state index is 12.7. The van der Waals surface area contributed by atoms with Crippen LogP contribution < -0.4 is 10.1 Å². The summed E-state index contributed by atoms with van der Waals surface area (Å²) in [5.41, 5.74) is 0.321. The first-order valence-corrected chi connectivity index (χ1v) is 9.90. The third-order valence-electron chi connectivity index (χ3n) is 3.67. The average Bonchev–Trinajstić information content (AvgIpc) is 2.58. The number of aromatic nitrogens is 2. The SMILES string of the molecule is COc1cc(CCCC[PH](=O)O)ccc1Nc1ncc(C(F)(F)F)c(Cl)n1. The molecule has 0 bridgehead atoms. The first-order valence-electron chi connectivity index (χ1n) is 7.96. The lowest BCUT2D eigenvalue weighted by Crippen LogP contribution is -2.09. The van der Waals surface area contributed by atoms with E-state index in [1.807, 2.05) is 6.07 Å². The highest BCUT2D eigenvalue weighted by molar-refractivity contribution is 7.37. The van der Waals surface area contributed by atoms with Crippen molar-refractivity contribution in [1.82, 2.24) is 9.97 Å². The Bertz CT molecular complexity index is 821. The van der Waals surface area contributed by atoms with Gasteiger partial charge in [-0.15, -0.1) is 0 Å². The predicted octanol–water partition coefficient (Wildman–Crippen LogP) is 4.69. The lowest BCUT2D eigenvalue weighted by Gasteiger charge is -2.13. The molecule has 1 heterocycles. The highest BCUT2D eigenvalue weighted by atomic mass is 35.5. The van der Waals surface area contributed by atoms with E-state index in [0.29, 0.717) is 36.6 Å². The summed E-state index contributed by atoms with van der Waals surface area (Å²) in [6, 6.07) is 5.28. The number of halogens is 4. The van der Waals surface area contributed by atoms with E-state index < -0.39 is 24.9 Å². The minimum atomic E-state index is -4.63. The van der Waals surface area contributed by atoms with Crippen molar-refractivity contribution in [3.8, 4) is 5.75 Å². The molecule has 0 fully saturated rings. The predicted molar refractivity (Wildman–Crippen MR) is 97.3 cm³/mol. The van der Waals surface area contributed by atoms with Crippen LogP contribution in [0.1, 0.15) is 24.0 Å². The van der Waals surface area contributed by atoms with Gasteiger partial charge in [-0.3, -0.25) is 4.57 Å². The third-order valence-corrected chi connectivity index (χ3v) is 4.74. The van der Waals surface area contributed by atoms with Crippen molar-refractivity contribution < 1.29 is 27.4 Å². The molecule has 0 spiro atoms. The highest BCUT2D eigenvalue weighted by Gasteiger charge is 2.34. The Balaban J connectivity index is 2.10. The van der Waals surface area contributed by atoms with Crippen molar-refractivity contribution >= 4 is 31.3 Å². The summed E-state index contributed by atoms with van der Waals surface area (Å²) < 4.78 is 54.1. The van der Waals surface area contributed by atoms with Crippen molar-refractivity contribution in [2.45, 2.75) is 25.4 Å². The van der Waals surface area contributed by atoms with Gasteiger partial charge in [-0.2, -0.15) is 13.2 Å². The second-order valence-corrected chi connectivity index (χ2v) is 7.30. The Labute approximate surface area is 159 Å². The van der Waals surface area contributed by atoms with Gasteiger partial charge < -0.3 is 14.9 Å². The van der Waals surface area contributed by atoms with Gasteiger partial charge in [-0.1, -0.05) is 17.7 Å². The molecule has 1 aromatic carbocycles. The smallest absolute Gasteiger partial charge is 0.420 e. The van der Waals surface area contributed by atoms with Crippen LogP contribution in [0.5, 0.6) is 5.75 Å². The normalized spacial score (nSPS) is 12.7. The van der Waals surface area contributed by atoms with Gasteiger partial charge in [-0.25, -0.2) is 9.97 Å². The number of nitrogens with one attached hydrogen (secondary N) is 1. The van der Waals surface area contributed by atoms with E-state index in [0.717, 1.165) is 12.0 Å². The van der Waals surface area contributed by atoms with Crippen molar-refractivity contribution in [3.63, 3.8) is 0 Å². The molecular formula is C16H18ClF3N3O3P. The summed E-state index contributed by atoms with van der Waals surface area (Å²) in [6.07, 6.45) is -1.61. The van der Waals surface area contributed by atoms with E-state index >= 15 is 0 Å². The van der Waals surface area contributed by atoms with Crippen LogP contribution in [-0.4, -0.2) is 28.1 Å². The van der Waals surface area contributed by atoms with Crippen LogP contribution >= 0.6 is 19.6 Å². The number of aryl methyl sites for hydroxylation is 1. The zero-order valence-corrected chi connectivity index (χ0v) is 16.1. The third kappa shape index (κ3) is 6.37. The molecule has 0 aliphatic heterocycles. The van der Waals surface area contributed by atoms with E-state index in [9.17, 15) is 17.7 Å². The largest absolute Gasteiger partial charge is 0.495 e. The Morgan fingerprint density at radius 1 is 1.33 bits per heavy atom. The molecule has 0 amide bonds. The van der Waals surface area contributed by atoms with E-state index in [2.05, 4.69) is 15.3 Å². The molecule has 0 aliphatic rings. The fraction of sp³-hybridized carbons (Fsp3) is 0.375.